The largest absolute Gasteiger partial charge is 0.207 e. The molecule has 0 bridgehead atoms. The van der Waals surface area contributed by atoms with Gasteiger partial charge in [0.15, 0.2) is 0 Å². The van der Waals surface area contributed by atoms with Gasteiger partial charge in [0, 0.05) is 19.2 Å². The highest BCUT2D eigenvalue weighted by atomic mass is 127. The fourth-order valence-corrected chi connectivity index (χ4v) is 3.25. The number of hydrogen-bond donors (Lipinski definition) is 0. The van der Waals surface area contributed by atoms with Gasteiger partial charge in [0.1, 0.15) is 5.82 Å². The van der Waals surface area contributed by atoms with E-state index in [1.165, 1.54) is 17.4 Å². The van der Waals surface area contributed by atoms with Crippen LogP contribution in [0.25, 0.3) is 10.1 Å². The lowest BCUT2D eigenvalue weighted by atomic mass is 10.1. The Morgan fingerprint density at radius 1 is 1.57 bits per heavy atom. The molecule has 2 rings (SSSR count). The standard InChI is InChI=1S/C10H5FINS/c11-8-5-9-7(2-4-14-9)10(12)6(8)1-3-13/h2,4-5H,1H2. The number of fused-ring (bicyclic) bond motifs is 1. The van der Waals surface area contributed by atoms with Gasteiger partial charge in [-0.05, 0) is 40.1 Å². The van der Waals surface area contributed by atoms with Crippen LogP contribution < -0.4 is 0 Å². The summed E-state index contributed by atoms with van der Waals surface area (Å²) < 4.78 is 15.3. The number of hydrogen-bond acceptors (Lipinski definition) is 2. The molecule has 4 heteroatoms. The molecule has 0 fully saturated rings. The summed E-state index contributed by atoms with van der Waals surface area (Å²) in [5.74, 6) is -0.272. The first-order chi connectivity index (χ1) is 6.74. The quantitative estimate of drug-likeness (QED) is 0.736. The fourth-order valence-electron chi connectivity index (χ4n) is 1.32. The highest BCUT2D eigenvalue weighted by molar-refractivity contribution is 14.1. The van der Waals surface area contributed by atoms with Crippen molar-refractivity contribution in [3.63, 3.8) is 0 Å². The maximum Gasteiger partial charge on any atom is 0.129 e. The average Bonchev–Trinajstić information content (AvgIpc) is 2.60. The summed E-state index contributed by atoms with van der Waals surface area (Å²) in [6.07, 6.45) is 0.135. The van der Waals surface area contributed by atoms with Crippen LogP contribution in [-0.4, -0.2) is 0 Å². The number of benzene rings is 1. The Morgan fingerprint density at radius 3 is 3.07 bits per heavy atom. The van der Waals surface area contributed by atoms with Crippen molar-refractivity contribution in [2.75, 3.05) is 0 Å². The van der Waals surface area contributed by atoms with Crippen molar-refractivity contribution in [1.82, 2.24) is 0 Å². The molecule has 0 aliphatic carbocycles. The van der Waals surface area contributed by atoms with E-state index in [-0.39, 0.29) is 12.2 Å². The molecule has 0 aliphatic rings. The molecule has 0 N–H and O–H groups in total. The van der Waals surface area contributed by atoms with Crippen LogP contribution in [0.15, 0.2) is 17.5 Å². The zero-order chi connectivity index (χ0) is 10.1. The second kappa shape index (κ2) is 3.83. The molecule has 0 saturated heterocycles. The molecule has 1 aromatic carbocycles. The Hall–Kier alpha value is -0.670. The second-order valence-electron chi connectivity index (χ2n) is 2.82. The van der Waals surface area contributed by atoms with Gasteiger partial charge in [-0.3, -0.25) is 0 Å². The molecule has 0 aliphatic heterocycles. The van der Waals surface area contributed by atoms with E-state index in [0.717, 1.165) is 13.7 Å². The van der Waals surface area contributed by atoms with Crippen LogP contribution in [-0.2, 0) is 6.42 Å². The van der Waals surface area contributed by atoms with E-state index in [1.807, 2.05) is 17.5 Å². The molecular formula is C10H5FINS. The summed E-state index contributed by atoms with van der Waals surface area (Å²) >= 11 is 3.61. The minimum absolute atomic E-state index is 0.135. The lowest BCUT2D eigenvalue weighted by Gasteiger charge is -2.03. The van der Waals surface area contributed by atoms with Gasteiger partial charge in [0.2, 0.25) is 0 Å². The van der Waals surface area contributed by atoms with Crippen molar-refractivity contribution in [3.05, 3.63) is 32.5 Å². The molecule has 1 aromatic heterocycles. The van der Waals surface area contributed by atoms with Gasteiger partial charge in [-0.25, -0.2) is 4.39 Å². The van der Waals surface area contributed by atoms with Gasteiger partial charge in [-0.15, -0.1) is 11.3 Å². The second-order valence-corrected chi connectivity index (χ2v) is 4.84. The van der Waals surface area contributed by atoms with Crippen molar-refractivity contribution in [3.8, 4) is 6.07 Å². The summed E-state index contributed by atoms with van der Waals surface area (Å²) in [4.78, 5) is 0. The molecule has 0 saturated carbocycles. The molecule has 0 radical (unpaired) electrons. The molecule has 1 nitrogen and oxygen atoms in total. The number of nitriles is 1. The molecule has 0 atom stereocenters. The van der Waals surface area contributed by atoms with Crippen LogP contribution in [0.5, 0.6) is 0 Å². The molecule has 1 heterocycles. The summed E-state index contributed by atoms with van der Waals surface area (Å²) in [5.41, 5.74) is 0.513. The number of thiophene rings is 1. The van der Waals surface area contributed by atoms with Gasteiger partial charge < -0.3 is 0 Å². The summed E-state index contributed by atoms with van der Waals surface area (Å²) in [5, 5.41) is 11.6. The lowest BCUT2D eigenvalue weighted by Crippen LogP contribution is -1.93. The maximum atomic E-state index is 13.5. The SMILES string of the molecule is N#CCc1c(F)cc2sccc2c1I. The first-order valence-electron chi connectivity index (χ1n) is 3.95. The van der Waals surface area contributed by atoms with Crippen molar-refractivity contribution in [2.24, 2.45) is 0 Å². The minimum atomic E-state index is -0.272. The molecule has 70 valence electrons. The lowest BCUT2D eigenvalue weighted by molar-refractivity contribution is 0.616. The van der Waals surface area contributed by atoms with E-state index >= 15 is 0 Å². The van der Waals surface area contributed by atoms with Crippen LogP contribution >= 0.6 is 33.9 Å². The topological polar surface area (TPSA) is 23.8 Å². The highest BCUT2D eigenvalue weighted by Crippen LogP contribution is 2.30. The van der Waals surface area contributed by atoms with Gasteiger partial charge in [0.25, 0.3) is 0 Å². The van der Waals surface area contributed by atoms with Crippen LogP contribution in [0, 0.1) is 20.7 Å². The monoisotopic (exact) mass is 317 g/mol. The van der Waals surface area contributed by atoms with E-state index in [4.69, 9.17) is 5.26 Å². The predicted octanol–water partition coefficient (Wildman–Crippen LogP) is 3.71. The Bertz CT molecular complexity index is 527. The highest BCUT2D eigenvalue weighted by Gasteiger charge is 2.11. The fraction of sp³-hybridized carbons (Fsp3) is 0.100. The first-order valence-corrected chi connectivity index (χ1v) is 5.91. The van der Waals surface area contributed by atoms with E-state index in [0.29, 0.717) is 5.56 Å². The average molecular weight is 317 g/mol. The zero-order valence-electron chi connectivity index (χ0n) is 7.05. The van der Waals surface area contributed by atoms with Gasteiger partial charge in [-0.1, -0.05) is 0 Å². The minimum Gasteiger partial charge on any atom is -0.207 e. The van der Waals surface area contributed by atoms with Gasteiger partial charge in [-0.2, -0.15) is 5.26 Å². The summed E-state index contributed by atoms with van der Waals surface area (Å²) in [6.45, 7) is 0. The van der Waals surface area contributed by atoms with Crippen LogP contribution in [0.1, 0.15) is 5.56 Å². The van der Waals surface area contributed by atoms with E-state index in [1.54, 1.807) is 0 Å². The maximum absolute atomic E-state index is 13.5. The Labute approximate surface area is 98.3 Å². The van der Waals surface area contributed by atoms with Crippen molar-refractivity contribution < 1.29 is 4.39 Å². The Balaban J connectivity index is 2.77. The van der Waals surface area contributed by atoms with Crippen molar-refractivity contribution in [1.29, 1.82) is 5.26 Å². The molecular weight excluding hydrogens is 312 g/mol. The molecule has 0 spiro atoms. The van der Waals surface area contributed by atoms with E-state index < -0.39 is 0 Å². The van der Waals surface area contributed by atoms with E-state index in [2.05, 4.69) is 22.6 Å². The normalized spacial score (nSPS) is 10.4. The molecule has 0 amide bonds. The third kappa shape index (κ3) is 1.51. The molecule has 0 unspecified atom stereocenters. The molecule has 2 aromatic rings. The number of halogens is 2. The van der Waals surface area contributed by atoms with Gasteiger partial charge in [0.05, 0.1) is 12.5 Å². The summed E-state index contributed by atoms with van der Waals surface area (Å²) in [6, 6.07) is 5.45. The first kappa shape index (κ1) is 9.87. The number of nitrogens with zero attached hydrogens (tertiary/aromatic N) is 1. The van der Waals surface area contributed by atoms with E-state index in [9.17, 15) is 4.39 Å². The summed E-state index contributed by atoms with van der Waals surface area (Å²) in [7, 11) is 0. The Morgan fingerprint density at radius 2 is 2.36 bits per heavy atom. The van der Waals surface area contributed by atoms with Crippen molar-refractivity contribution >= 4 is 44.0 Å². The third-order valence-corrected chi connectivity index (χ3v) is 4.09. The Kier molecular flexibility index (Phi) is 2.70. The van der Waals surface area contributed by atoms with Crippen LogP contribution in [0.2, 0.25) is 0 Å². The third-order valence-electron chi connectivity index (χ3n) is 2.00. The van der Waals surface area contributed by atoms with Crippen molar-refractivity contribution in [2.45, 2.75) is 6.42 Å². The smallest absolute Gasteiger partial charge is 0.129 e. The zero-order valence-corrected chi connectivity index (χ0v) is 10.0. The van der Waals surface area contributed by atoms with Crippen LogP contribution in [0.3, 0.4) is 0 Å². The van der Waals surface area contributed by atoms with Gasteiger partial charge >= 0.3 is 0 Å². The molecule has 14 heavy (non-hydrogen) atoms. The van der Waals surface area contributed by atoms with Crippen LogP contribution in [0.4, 0.5) is 4.39 Å². The number of rotatable bonds is 1. The predicted molar refractivity (Wildman–Crippen MR) is 63.8 cm³/mol.